The number of carbonyl (C=O) groups excluding carboxylic acids is 3. The minimum atomic E-state index is -0.468. The van der Waals surface area contributed by atoms with Crippen molar-refractivity contribution in [3.63, 3.8) is 0 Å². The molecule has 0 aromatic heterocycles. The number of rotatable bonds is 10. The second-order valence-electron chi connectivity index (χ2n) is 9.74. The van der Waals surface area contributed by atoms with Gasteiger partial charge in [0.15, 0.2) is 0 Å². The lowest BCUT2D eigenvalue weighted by atomic mass is 10.1. The molecule has 0 heterocycles. The van der Waals surface area contributed by atoms with Gasteiger partial charge in [-0.1, -0.05) is 78.7 Å². The first-order chi connectivity index (χ1) is 20.2. The average Bonchev–Trinajstić information content (AvgIpc) is 2.98. The SMILES string of the molecule is CCC(Sc1cccc(NC(=O)/C(=C\c2cccc(C)c2)NC(=O)c2ccccc2)c1)C(=O)Nc1cc(Cl)ccc1C. The summed E-state index contributed by atoms with van der Waals surface area (Å²) in [7, 11) is 0. The van der Waals surface area contributed by atoms with Crippen LogP contribution >= 0.6 is 23.4 Å². The van der Waals surface area contributed by atoms with Crippen LogP contribution in [-0.4, -0.2) is 23.0 Å². The Hall–Kier alpha value is -4.33. The standard InChI is InChI=1S/C34H32ClN3O3S/c1-4-31(34(41)37-29-20-26(35)17-16-23(29)3)42-28-15-9-14-27(21-28)36-33(40)30(19-24-11-8-10-22(2)18-24)38-32(39)25-12-6-5-7-13-25/h5-21,31H,4H2,1-3H3,(H,36,40)(H,37,41)(H,38,39)/b30-19+. The maximum absolute atomic E-state index is 13.5. The Bertz CT molecular complexity index is 1620. The molecule has 4 rings (SSSR count). The lowest BCUT2D eigenvalue weighted by molar-refractivity contribution is -0.116. The first-order valence-corrected chi connectivity index (χ1v) is 14.8. The highest BCUT2D eigenvalue weighted by atomic mass is 35.5. The zero-order valence-corrected chi connectivity index (χ0v) is 25.2. The van der Waals surface area contributed by atoms with Crippen molar-refractivity contribution in [1.82, 2.24) is 5.32 Å². The van der Waals surface area contributed by atoms with Crippen molar-refractivity contribution in [3.05, 3.63) is 130 Å². The molecular weight excluding hydrogens is 566 g/mol. The number of halogens is 1. The van der Waals surface area contributed by atoms with Crippen molar-refractivity contribution in [2.45, 2.75) is 37.3 Å². The van der Waals surface area contributed by atoms with Crippen LogP contribution in [-0.2, 0) is 9.59 Å². The highest BCUT2D eigenvalue weighted by Crippen LogP contribution is 2.29. The number of anilines is 2. The van der Waals surface area contributed by atoms with E-state index in [0.717, 1.165) is 21.6 Å². The van der Waals surface area contributed by atoms with Gasteiger partial charge in [-0.25, -0.2) is 0 Å². The van der Waals surface area contributed by atoms with Crippen molar-refractivity contribution >= 4 is 58.5 Å². The van der Waals surface area contributed by atoms with E-state index in [9.17, 15) is 14.4 Å². The van der Waals surface area contributed by atoms with Gasteiger partial charge >= 0.3 is 0 Å². The highest BCUT2D eigenvalue weighted by molar-refractivity contribution is 8.00. The molecule has 0 aliphatic heterocycles. The van der Waals surface area contributed by atoms with Crippen molar-refractivity contribution < 1.29 is 14.4 Å². The van der Waals surface area contributed by atoms with Crippen LogP contribution in [0.25, 0.3) is 6.08 Å². The molecule has 214 valence electrons. The summed E-state index contributed by atoms with van der Waals surface area (Å²) in [5.74, 6) is -0.987. The topological polar surface area (TPSA) is 87.3 Å². The molecule has 0 spiro atoms. The van der Waals surface area contributed by atoms with E-state index in [2.05, 4.69) is 16.0 Å². The summed E-state index contributed by atoms with van der Waals surface area (Å²) < 4.78 is 0. The van der Waals surface area contributed by atoms with E-state index in [4.69, 9.17) is 11.6 Å². The van der Waals surface area contributed by atoms with Gasteiger partial charge in [0.05, 0.1) is 5.25 Å². The molecule has 1 unspecified atom stereocenters. The van der Waals surface area contributed by atoms with E-state index in [1.54, 1.807) is 48.5 Å². The zero-order valence-electron chi connectivity index (χ0n) is 23.6. The molecular formula is C34H32ClN3O3S. The third-order valence-corrected chi connectivity index (χ3v) is 7.97. The van der Waals surface area contributed by atoms with Crippen LogP contribution in [0.15, 0.2) is 108 Å². The van der Waals surface area contributed by atoms with Crippen LogP contribution in [0.5, 0.6) is 0 Å². The number of aryl methyl sites for hydroxylation is 2. The van der Waals surface area contributed by atoms with Crippen molar-refractivity contribution in [2.24, 2.45) is 0 Å². The van der Waals surface area contributed by atoms with Crippen LogP contribution in [0, 0.1) is 13.8 Å². The summed E-state index contributed by atoms with van der Waals surface area (Å²) in [6.07, 6.45) is 2.25. The zero-order chi connectivity index (χ0) is 30.1. The van der Waals surface area contributed by atoms with Crippen LogP contribution < -0.4 is 16.0 Å². The van der Waals surface area contributed by atoms with Gasteiger partial charge in [0.1, 0.15) is 5.70 Å². The third kappa shape index (κ3) is 8.59. The van der Waals surface area contributed by atoms with Gasteiger partial charge in [-0.3, -0.25) is 14.4 Å². The largest absolute Gasteiger partial charge is 0.325 e. The number of nitrogens with one attached hydrogen (secondary N) is 3. The fraction of sp³-hybridized carbons (Fsp3) is 0.147. The number of benzene rings is 4. The minimum Gasteiger partial charge on any atom is -0.325 e. The number of carbonyl (C=O) groups is 3. The lowest BCUT2D eigenvalue weighted by Gasteiger charge is -2.17. The van der Waals surface area contributed by atoms with Crippen LogP contribution in [0.1, 0.15) is 40.4 Å². The Balaban J connectivity index is 1.51. The normalized spacial score (nSPS) is 11.9. The first kappa shape index (κ1) is 30.6. The summed E-state index contributed by atoms with van der Waals surface area (Å²) in [5, 5.41) is 8.83. The molecule has 8 heteroatoms. The molecule has 0 bridgehead atoms. The smallest absolute Gasteiger partial charge is 0.272 e. The quantitative estimate of drug-likeness (QED) is 0.128. The second kappa shape index (κ2) is 14.5. The van der Waals surface area contributed by atoms with Crippen molar-refractivity contribution in [1.29, 1.82) is 0 Å². The molecule has 0 radical (unpaired) electrons. The van der Waals surface area contributed by atoms with E-state index >= 15 is 0 Å². The van der Waals surface area contributed by atoms with E-state index in [1.807, 2.05) is 75.4 Å². The Morgan fingerprint density at radius 2 is 1.62 bits per heavy atom. The second-order valence-corrected chi connectivity index (χ2v) is 11.5. The van der Waals surface area contributed by atoms with Gasteiger partial charge in [-0.15, -0.1) is 11.8 Å². The molecule has 42 heavy (non-hydrogen) atoms. The minimum absolute atomic E-state index is 0.107. The fourth-order valence-electron chi connectivity index (χ4n) is 4.14. The Kier molecular flexibility index (Phi) is 10.6. The van der Waals surface area contributed by atoms with Gasteiger partial charge in [-0.05, 0) is 79.9 Å². The van der Waals surface area contributed by atoms with E-state index in [-0.39, 0.29) is 22.8 Å². The maximum atomic E-state index is 13.5. The number of hydrogen-bond acceptors (Lipinski definition) is 4. The maximum Gasteiger partial charge on any atom is 0.272 e. The van der Waals surface area contributed by atoms with Crippen LogP contribution in [0.2, 0.25) is 5.02 Å². The summed E-state index contributed by atoms with van der Waals surface area (Å²) in [6.45, 7) is 5.82. The van der Waals surface area contributed by atoms with Gasteiger partial charge in [0.25, 0.3) is 11.8 Å². The first-order valence-electron chi connectivity index (χ1n) is 13.5. The van der Waals surface area contributed by atoms with E-state index in [1.165, 1.54) is 11.8 Å². The van der Waals surface area contributed by atoms with Crippen LogP contribution in [0.4, 0.5) is 11.4 Å². The monoisotopic (exact) mass is 597 g/mol. The predicted octanol–water partition coefficient (Wildman–Crippen LogP) is 7.88. The molecule has 6 nitrogen and oxygen atoms in total. The van der Waals surface area contributed by atoms with Gasteiger partial charge in [0.2, 0.25) is 5.91 Å². The van der Waals surface area contributed by atoms with Gasteiger partial charge in [-0.2, -0.15) is 0 Å². The molecule has 0 fully saturated rings. The molecule has 1 atom stereocenters. The molecule has 3 amide bonds. The molecule has 4 aromatic carbocycles. The summed E-state index contributed by atoms with van der Waals surface area (Å²) in [5.41, 5.74) is 4.50. The third-order valence-electron chi connectivity index (χ3n) is 6.37. The van der Waals surface area contributed by atoms with E-state index < -0.39 is 5.91 Å². The fourth-order valence-corrected chi connectivity index (χ4v) is 5.33. The summed E-state index contributed by atoms with van der Waals surface area (Å²) >= 11 is 7.52. The summed E-state index contributed by atoms with van der Waals surface area (Å²) in [4.78, 5) is 40.3. The molecule has 0 aliphatic carbocycles. The Morgan fingerprint density at radius 1 is 0.857 bits per heavy atom. The Morgan fingerprint density at radius 3 is 2.36 bits per heavy atom. The predicted molar refractivity (Wildman–Crippen MR) is 173 cm³/mol. The average molecular weight is 598 g/mol. The summed E-state index contributed by atoms with van der Waals surface area (Å²) in [6, 6.07) is 29.0. The molecule has 4 aromatic rings. The van der Waals surface area contributed by atoms with Crippen molar-refractivity contribution in [3.8, 4) is 0 Å². The Labute approximate surface area is 255 Å². The highest BCUT2D eigenvalue weighted by Gasteiger charge is 2.20. The molecule has 0 saturated heterocycles. The van der Waals surface area contributed by atoms with Crippen molar-refractivity contribution in [2.75, 3.05) is 10.6 Å². The number of amides is 3. The van der Waals surface area contributed by atoms with Crippen LogP contribution in [0.3, 0.4) is 0 Å². The number of hydrogen-bond donors (Lipinski definition) is 3. The van der Waals surface area contributed by atoms with Gasteiger partial charge < -0.3 is 16.0 Å². The van der Waals surface area contributed by atoms with Gasteiger partial charge in [0, 0.05) is 26.9 Å². The molecule has 0 aliphatic rings. The number of thioether (sulfide) groups is 1. The molecule has 3 N–H and O–H groups in total. The molecule has 0 saturated carbocycles. The van der Waals surface area contributed by atoms with E-state index in [0.29, 0.717) is 28.4 Å². The lowest BCUT2D eigenvalue weighted by Crippen LogP contribution is -2.30.